The summed E-state index contributed by atoms with van der Waals surface area (Å²) in [6.45, 7) is 0.635. The smallest absolute Gasteiger partial charge is 0.219 e. The van der Waals surface area contributed by atoms with Crippen molar-refractivity contribution in [1.29, 1.82) is 0 Å². The largest absolute Gasteiger partial charge is 0.439 e. The Balaban J connectivity index is 0.00000261. The standard InChI is InChI=1S/C20H25FN4O.HI/c1-22-20(25-17-5-3-2-4-6-17)24-14-15-7-12-19(23-13-15)26-18-10-8-16(21)9-11-18;/h7-13,17H,2-6,14H2,1H3,(H2,22,24,25);1H. The highest BCUT2D eigenvalue weighted by atomic mass is 127. The zero-order chi connectivity index (χ0) is 18.2. The Hall–Kier alpha value is -1.90. The van der Waals surface area contributed by atoms with E-state index in [0.717, 1.165) is 11.5 Å². The number of nitrogens with zero attached hydrogens (tertiary/aromatic N) is 2. The van der Waals surface area contributed by atoms with Crippen LogP contribution < -0.4 is 15.4 Å². The van der Waals surface area contributed by atoms with E-state index < -0.39 is 0 Å². The molecule has 0 radical (unpaired) electrons. The zero-order valence-corrected chi connectivity index (χ0v) is 17.8. The Bertz CT molecular complexity index is 716. The quantitative estimate of drug-likeness (QED) is 0.369. The number of halogens is 2. The van der Waals surface area contributed by atoms with E-state index >= 15 is 0 Å². The van der Waals surface area contributed by atoms with Gasteiger partial charge in [0.25, 0.3) is 0 Å². The second-order valence-electron chi connectivity index (χ2n) is 6.47. The van der Waals surface area contributed by atoms with Crippen molar-refractivity contribution in [2.75, 3.05) is 7.05 Å². The van der Waals surface area contributed by atoms with Crippen LogP contribution in [0.2, 0.25) is 0 Å². The molecule has 1 saturated carbocycles. The summed E-state index contributed by atoms with van der Waals surface area (Å²) in [5, 5.41) is 6.81. The molecule has 1 aromatic carbocycles. The minimum absolute atomic E-state index is 0. The number of rotatable bonds is 5. The van der Waals surface area contributed by atoms with Gasteiger partial charge in [0.15, 0.2) is 5.96 Å². The highest BCUT2D eigenvalue weighted by molar-refractivity contribution is 14.0. The molecule has 7 heteroatoms. The molecule has 1 aromatic heterocycles. The molecule has 0 unspecified atom stereocenters. The maximum Gasteiger partial charge on any atom is 0.219 e. The van der Waals surface area contributed by atoms with Gasteiger partial charge in [0.05, 0.1) is 0 Å². The molecule has 146 valence electrons. The molecule has 0 spiro atoms. The number of benzene rings is 1. The van der Waals surface area contributed by atoms with Crippen LogP contribution in [-0.2, 0) is 6.54 Å². The summed E-state index contributed by atoms with van der Waals surface area (Å²) in [7, 11) is 1.79. The van der Waals surface area contributed by atoms with E-state index in [1.165, 1.54) is 44.2 Å². The molecule has 0 atom stereocenters. The van der Waals surface area contributed by atoms with Crippen LogP contribution in [0, 0.1) is 5.82 Å². The summed E-state index contributed by atoms with van der Waals surface area (Å²) in [4.78, 5) is 8.60. The number of guanidine groups is 1. The maximum atomic E-state index is 12.9. The lowest BCUT2D eigenvalue weighted by Crippen LogP contribution is -2.43. The van der Waals surface area contributed by atoms with Gasteiger partial charge in [-0.15, -0.1) is 24.0 Å². The number of hydrogen-bond donors (Lipinski definition) is 2. The summed E-state index contributed by atoms with van der Waals surface area (Å²) in [5.41, 5.74) is 1.03. The van der Waals surface area contributed by atoms with Gasteiger partial charge in [-0.3, -0.25) is 4.99 Å². The Morgan fingerprint density at radius 2 is 1.89 bits per heavy atom. The average molecular weight is 484 g/mol. The third-order valence-electron chi connectivity index (χ3n) is 4.46. The molecular weight excluding hydrogens is 458 g/mol. The van der Waals surface area contributed by atoms with Gasteiger partial charge in [-0.2, -0.15) is 0 Å². The fraction of sp³-hybridized carbons (Fsp3) is 0.400. The van der Waals surface area contributed by atoms with Crippen LogP contribution >= 0.6 is 24.0 Å². The number of aromatic nitrogens is 1. The predicted octanol–water partition coefficient (Wildman–Crippen LogP) is 4.63. The molecule has 1 aliphatic carbocycles. The van der Waals surface area contributed by atoms with Crippen molar-refractivity contribution in [3.63, 3.8) is 0 Å². The molecule has 0 bridgehead atoms. The number of nitrogens with one attached hydrogen (secondary N) is 2. The Labute approximate surface area is 176 Å². The summed E-state index contributed by atoms with van der Waals surface area (Å²) in [5.74, 6) is 1.57. The molecule has 1 aliphatic rings. The minimum atomic E-state index is -0.290. The fourth-order valence-electron chi connectivity index (χ4n) is 3.02. The zero-order valence-electron chi connectivity index (χ0n) is 15.5. The molecule has 2 aromatic rings. The maximum absolute atomic E-state index is 12.9. The van der Waals surface area contributed by atoms with Crippen LogP contribution in [0.3, 0.4) is 0 Å². The van der Waals surface area contributed by atoms with E-state index in [0.29, 0.717) is 24.2 Å². The van der Waals surface area contributed by atoms with Gasteiger partial charge < -0.3 is 15.4 Å². The third-order valence-corrected chi connectivity index (χ3v) is 4.46. The average Bonchev–Trinajstić information content (AvgIpc) is 2.69. The van der Waals surface area contributed by atoms with Crippen LogP contribution in [0.5, 0.6) is 11.6 Å². The van der Waals surface area contributed by atoms with E-state index in [2.05, 4.69) is 20.6 Å². The number of hydrogen-bond acceptors (Lipinski definition) is 3. The van der Waals surface area contributed by atoms with E-state index in [1.807, 2.05) is 6.07 Å². The van der Waals surface area contributed by atoms with Crippen molar-refractivity contribution < 1.29 is 9.13 Å². The summed E-state index contributed by atoms with van der Waals surface area (Å²) in [6, 6.07) is 10.1. The highest BCUT2D eigenvalue weighted by Gasteiger charge is 2.14. The second kappa shape index (κ2) is 11.1. The van der Waals surface area contributed by atoms with Crippen molar-refractivity contribution in [3.8, 4) is 11.6 Å². The van der Waals surface area contributed by atoms with Gasteiger partial charge in [0, 0.05) is 31.9 Å². The minimum Gasteiger partial charge on any atom is -0.439 e. The van der Waals surface area contributed by atoms with Gasteiger partial charge in [-0.05, 0) is 42.7 Å². The van der Waals surface area contributed by atoms with Crippen molar-refractivity contribution in [3.05, 3.63) is 54.0 Å². The molecule has 5 nitrogen and oxygen atoms in total. The van der Waals surface area contributed by atoms with Crippen LogP contribution in [-0.4, -0.2) is 24.0 Å². The van der Waals surface area contributed by atoms with Crippen molar-refractivity contribution in [2.45, 2.75) is 44.7 Å². The topological polar surface area (TPSA) is 58.5 Å². The van der Waals surface area contributed by atoms with Crippen LogP contribution in [0.4, 0.5) is 4.39 Å². The number of pyridine rings is 1. The molecule has 1 fully saturated rings. The molecule has 0 amide bonds. The summed E-state index contributed by atoms with van der Waals surface area (Å²) < 4.78 is 18.5. The SMILES string of the molecule is CN=C(NCc1ccc(Oc2ccc(F)cc2)nc1)NC1CCCCC1.I. The van der Waals surface area contributed by atoms with Gasteiger partial charge in [-0.1, -0.05) is 25.3 Å². The third kappa shape index (κ3) is 6.97. The summed E-state index contributed by atoms with van der Waals surface area (Å²) in [6.07, 6.45) is 8.08. The van der Waals surface area contributed by atoms with Gasteiger partial charge >= 0.3 is 0 Å². The fourth-order valence-corrected chi connectivity index (χ4v) is 3.02. The molecule has 0 aliphatic heterocycles. The van der Waals surface area contributed by atoms with Crippen LogP contribution in [0.15, 0.2) is 47.6 Å². The van der Waals surface area contributed by atoms with Crippen molar-refractivity contribution >= 4 is 29.9 Å². The molecular formula is C20H26FIN4O. The first-order valence-corrected chi connectivity index (χ1v) is 9.08. The van der Waals surface area contributed by atoms with Crippen molar-refractivity contribution in [2.24, 2.45) is 4.99 Å². The van der Waals surface area contributed by atoms with Gasteiger partial charge in [0.1, 0.15) is 11.6 Å². The first-order valence-electron chi connectivity index (χ1n) is 9.08. The summed E-state index contributed by atoms with van der Waals surface area (Å²) >= 11 is 0. The number of aliphatic imine (C=N–C) groups is 1. The lowest BCUT2D eigenvalue weighted by molar-refractivity contribution is 0.410. The molecule has 1 heterocycles. The Kier molecular flexibility index (Phi) is 8.77. The van der Waals surface area contributed by atoms with E-state index in [9.17, 15) is 4.39 Å². The van der Waals surface area contributed by atoms with E-state index in [1.54, 1.807) is 31.4 Å². The lowest BCUT2D eigenvalue weighted by atomic mass is 9.96. The normalized spacial score (nSPS) is 15.0. The molecule has 27 heavy (non-hydrogen) atoms. The van der Waals surface area contributed by atoms with Gasteiger partial charge in [-0.25, -0.2) is 9.37 Å². The lowest BCUT2D eigenvalue weighted by Gasteiger charge is -2.24. The number of ether oxygens (including phenoxy) is 1. The van der Waals surface area contributed by atoms with Gasteiger partial charge in [0.2, 0.25) is 5.88 Å². The second-order valence-corrected chi connectivity index (χ2v) is 6.47. The molecule has 0 saturated heterocycles. The Morgan fingerprint density at radius 1 is 1.15 bits per heavy atom. The monoisotopic (exact) mass is 484 g/mol. The molecule has 2 N–H and O–H groups in total. The van der Waals surface area contributed by atoms with Crippen LogP contribution in [0.1, 0.15) is 37.7 Å². The van der Waals surface area contributed by atoms with Crippen LogP contribution in [0.25, 0.3) is 0 Å². The first-order chi connectivity index (χ1) is 12.7. The van der Waals surface area contributed by atoms with Crippen molar-refractivity contribution in [1.82, 2.24) is 15.6 Å². The highest BCUT2D eigenvalue weighted by Crippen LogP contribution is 2.19. The van der Waals surface area contributed by atoms with E-state index in [4.69, 9.17) is 4.74 Å². The van der Waals surface area contributed by atoms with E-state index in [-0.39, 0.29) is 29.8 Å². The first kappa shape index (κ1) is 21.4. The predicted molar refractivity (Wildman–Crippen MR) is 116 cm³/mol. The Morgan fingerprint density at radius 3 is 2.52 bits per heavy atom. The molecule has 3 rings (SSSR count).